The van der Waals surface area contributed by atoms with Crippen molar-refractivity contribution in [2.45, 2.75) is 38.1 Å². The van der Waals surface area contributed by atoms with E-state index in [0.29, 0.717) is 6.04 Å². The molecule has 0 amide bonds. The molecule has 0 atom stereocenters. The van der Waals surface area contributed by atoms with Gasteiger partial charge in [0.1, 0.15) is 18.8 Å². The van der Waals surface area contributed by atoms with Crippen LogP contribution in [0.1, 0.15) is 32.1 Å². The van der Waals surface area contributed by atoms with Crippen molar-refractivity contribution in [3.05, 3.63) is 58.6 Å². The van der Waals surface area contributed by atoms with E-state index < -0.39 is 0 Å². The van der Waals surface area contributed by atoms with Crippen molar-refractivity contribution in [2.24, 2.45) is 7.05 Å². The van der Waals surface area contributed by atoms with Crippen LogP contribution in [0.2, 0.25) is 10.0 Å². The quantitative estimate of drug-likeness (QED) is 0.455. The van der Waals surface area contributed by atoms with Gasteiger partial charge in [-0.15, -0.1) is 4.68 Å². The molecule has 3 nitrogen and oxygen atoms in total. The minimum absolute atomic E-state index is 0.435. The molecule has 0 spiro atoms. The van der Waals surface area contributed by atoms with E-state index >= 15 is 0 Å². The Hall–Kier alpha value is -1.62. The van der Waals surface area contributed by atoms with Crippen LogP contribution in [-0.2, 0) is 7.05 Å². The van der Waals surface area contributed by atoms with Crippen molar-refractivity contribution >= 4 is 45.4 Å². The standard InChI is InChI=1S/C21H22Cl2N3S/c1-25-21(27-20(24-25)16-11-5-6-12-17(16)22)26(15-9-3-2-4-10-15)19-14-8-7-13-18(19)23/h5-8,11-15H,2-4,9-10H2,1H3/q+1. The first-order valence-corrected chi connectivity index (χ1v) is 10.9. The van der Waals surface area contributed by atoms with Crippen LogP contribution >= 0.6 is 34.5 Å². The number of aromatic nitrogens is 2. The van der Waals surface area contributed by atoms with Gasteiger partial charge in [0.15, 0.2) is 5.01 Å². The van der Waals surface area contributed by atoms with Crippen molar-refractivity contribution in [1.82, 2.24) is 5.10 Å². The molecule has 0 radical (unpaired) electrons. The molecule has 6 heteroatoms. The average Bonchev–Trinajstić information content (AvgIpc) is 3.06. The molecule has 1 aliphatic carbocycles. The van der Waals surface area contributed by atoms with E-state index in [0.717, 1.165) is 31.4 Å². The minimum Gasteiger partial charge on any atom is -0.212 e. The van der Waals surface area contributed by atoms with Crippen LogP contribution in [0.25, 0.3) is 10.6 Å². The van der Waals surface area contributed by atoms with Gasteiger partial charge in [0, 0.05) is 5.56 Å². The number of halogens is 2. The SMILES string of the molecule is C[n+]1nc(-c2ccccc2Cl)sc1N(c1ccccc1Cl)C1CCCCC1. The summed E-state index contributed by atoms with van der Waals surface area (Å²) in [4.78, 5) is 2.39. The lowest BCUT2D eigenvalue weighted by atomic mass is 9.94. The number of anilines is 2. The lowest BCUT2D eigenvalue weighted by Crippen LogP contribution is -2.42. The summed E-state index contributed by atoms with van der Waals surface area (Å²) in [6, 6.07) is 16.4. The predicted molar refractivity (Wildman–Crippen MR) is 114 cm³/mol. The molecule has 0 saturated heterocycles. The summed E-state index contributed by atoms with van der Waals surface area (Å²) in [6.45, 7) is 0. The van der Waals surface area contributed by atoms with Crippen LogP contribution in [-0.4, -0.2) is 11.1 Å². The molecule has 4 rings (SSSR count). The Morgan fingerprint density at radius 2 is 1.63 bits per heavy atom. The Morgan fingerprint density at radius 1 is 0.963 bits per heavy atom. The highest BCUT2D eigenvalue weighted by atomic mass is 35.5. The Labute approximate surface area is 174 Å². The first-order valence-electron chi connectivity index (χ1n) is 9.31. The van der Waals surface area contributed by atoms with Crippen molar-refractivity contribution in [3.8, 4) is 10.6 Å². The maximum atomic E-state index is 6.60. The Balaban J connectivity index is 1.81. The summed E-state index contributed by atoms with van der Waals surface area (Å²) in [6.07, 6.45) is 6.17. The largest absolute Gasteiger partial charge is 0.363 e. The van der Waals surface area contributed by atoms with E-state index in [1.165, 1.54) is 32.1 Å². The summed E-state index contributed by atoms with van der Waals surface area (Å²) in [5.74, 6) is 0. The fourth-order valence-electron chi connectivity index (χ4n) is 3.74. The second kappa shape index (κ2) is 8.17. The second-order valence-electron chi connectivity index (χ2n) is 6.91. The maximum absolute atomic E-state index is 6.60. The van der Waals surface area contributed by atoms with Gasteiger partial charge in [0.25, 0.3) is 0 Å². The second-order valence-corrected chi connectivity index (χ2v) is 8.68. The first kappa shape index (κ1) is 18.7. The molecule has 0 bridgehead atoms. The molecule has 0 unspecified atom stereocenters. The number of benzene rings is 2. The Kier molecular flexibility index (Phi) is 5.67. The molecule has 1 aromatic heterocycles. The summed E-state index contributed by atoms with van der Waals surface area (Å²) >= 11 is 14.7. The van der Waals surface area contributed by atoms with Crippen LogP contribution in [0.15, 0.2) is 48.5 Å². The van der Waals surface area contributed by atoms with Crippen LogP contribution < -0.4 is 9.58 Å². The topological polar surface area (TPSA) is 20.0 Å². The zero-order valence-corrected chi connectivity index (χ0v) is 17.6. The molecule has 2 aromatic carbocycles. The van der Waals surface area contributed by atoms with E-state index in [4.69, 9.17) is 28.3 Å². The molecule has 27 heavy (non-hydrogen) atoms. The number of aryl methyl sites for hydroxylation is 1. The molecule has 1 saturated carbocycles. The highest BCUT2D eigenvalue weighted by Crippen LogP contribution is 2.40. The molecule has 3 aromatic rings. The zero-order valence-electron chi connectivity index (χ0n) is 15.2. The molecular weight excluding hydrogens is 397 g/mol. The van der Waals surface area contributed by atoms with E-state index in [1.54, 1.807) is 11.3 Å². The highest BCUT2D eigenvalue weighted by Gasteiger charge is 2.35. The number of nitrogens with zero attached hydrogens (tertiary/aromatic N) is 3. The van der Waals surface area contributed by atoms with E-state index in [9.17, 15) is 0 Å². The molecular formula is C21H22Cl2N3S+. The Bertz CT molecular complexity index is 935. The van der Waals surface area contributed by atoms with Crippen molar-refractivity contribution in [3.63, 3.8) is 0 Å². The van der Waals surface area contributed by atoms with E-state index in [1.807, 2.05) is 54.2 Å². The van der Waals surface area contributed by atoms with Crippen molar-refractivity contribution < 1.29 is 4.68 Å². The van der Waals surface area contributed by atoms with Gasteiger partial charge < -0.3 is 0 Å². The van der Waals surface area contributed by atoms with Crippen molar-refractivity contribution in [2.75, 3.05) is 4.90 Å². The highest BCUT2D eigenvalue weighted by molar-refractivity contribution is 7.18. The van der Waals surface area contributed by atoms with E-state index in [-0.39, 0.29) is 0 Å². The third kappa shape index (κ3) is 3.84. The van der Waals surface area contributed by atoms with E-state index in [2.05, 4.69) is 11.0 Å². The zero-order chi connectivity index (χ0) is 18.8. The van der Waals surface area contributed by atoms with Crippen LogP contribution in [0, 0.1) is 0 Å². The summed E-state index contributed by atoms with van der Waals surface area (Å²) < 4.78 is 1.96. The lowest BCUT2D eigenvalue weighted by Gasteiger charge is -2.28. The summed E-state index contributed by atoms with van der Waals surface area (Å²) in [5.41, 5.74) is 2.02. The van der Waals surface area contributed by atoms with Gasteiger partial charge in [0.2, 0.25) is 0 Å². The third-order valence-electron chi connectivity index (χ3n) is 5.07. The summed E-state index contributed by atoms with van der Waals surface area (Å²) in [7, 11) is 2.00. The first-order chi connectivity index (χ1) is 13.1. The van der Waals surface area contributed by atoms with Gasteiger partial charge in [-0.1, -0.05) is 65.1 Å². The molecule has 0 aliphatic heterocycles. The molecule has 1 heterocycles. The molecule has 140 valence electrons. The molecule has 0 N–H and O–H groups in total. The van der Waals surface area contributed by atoms with Crippen LogP contribution in [0.3, 0.4) is 0 Å². The van der Waals surface area contributed by atoms with Gasteiger partial charge in [-0.05, 0) is 55.2 Å². The maximum Gasteiger partial charge on any atom is 0.363 e. The normalized spacial score (nSPS) is 15.1. The van der Waals surface area contributed by atoms with Crippen molar-refractivity contribution in [1.29, 1.82) is 0 Å². The smallest absolute Gasteiger partial charge is 0.212 e. The monoisotopic (exact) mass is 418 g/mol. The number of hydrogen-bond donors (Lipinski definition) is 0. The van der Waals surface area contributed by atoms with Gasteiger partial charge >= 0.3 is 5.13 Å². The van der Waals surface area contributed by atoms with Gasteiger partial charge in [-0.3, -0.25) is 0 Å². The van der Waals surface area contributed by atoms with Crippen LogP contribution in [0.5, 0.6) is 0 Å². The fraction of sp³-hybridized carbons (Fsp3) is 0.333. The number of rotatable bonds is 4. The predicted octanol–water partition coefficient (Wildman–Crippen LogP) is 6.41. The lowest BCUT2D eigenvalue weighted by molar-refractivity contribution is -0.713. The number of hydrogen-bond acceptors (Lipinski definition) is 3. The molecule has 1 fully saturated rings. The minimum atomic E-state index is 0.435. The average molecular weight is 419 g/mol. The van der Waals surface area contributed by atoms with Crippen LogP contribution in [0.4, 0.5) is 10.8 Å². The van der Waals surface area contributed by atoms with Gasteiger partial charge in [-0.25, -0.2) is 4.90 Å². The third-order valence-corrected chi connectivity index (χ3v) is 6.86. The Morgan fingerprint density at radius 3 is 2.33 bits per heavy atom. The molecule has 1 aliphatic rings. The number of para-hydroxylation sites is 1. The van der Waals surface area contributed by atoms with Gasteiger partial charge in [0.05, 0.1) is 10.0 Å². The van der Waals surface area contributed by atoms with Gasteiger partial charge in [-0.2, -0.15) is 0 Å². The fourth-order valence-corrected chi connectivity index (χ4v) is 5.39. The summed E-state index contributed by atoms with van der Waals surface area (Å²) in [5, 5.41) is 8.29.